The van der Waals surface area contributed by atoms with Crippen molar-refractivity contribution >= 4 is 40.6 Å². The molecule has 1 aromatic rings. The zero-order valence-corrected chi connectivity index (χ0v) is 12.1. The van der Waals surface area contributed by atoms with E-state index in [1.54, 1.807) is 11.8 Å². The molecule has 0 aromatic carbocycles. The van der Waals surface area contributed by atoms with E-state index in [4.69, 9.17) is 16.7 Å². The third kappa shape index (κ3) is 4.87. The summed E-state index contributed by atoms with van der Waals surface area (Å²) in [5.41, 5.74) is 0.944. The number of carbonyl (C=O) groups excluding carboxylic acids is 1. The largest absolute Gasteiger partial charge is 0.396 e. The predicted octanol–water partition coefficient (Wildman–Crippen LogP) is 2.56. The van der Waals surface area contributed by atoms with E-state index in [0.29, 0.717) is 16.4 Å². The van der Waals surface area contributed by atoms with Crippen molar-refractivity contribution in [3.05, 3.63) is 20.8 Å². The zero-order chi connectivity index (χ0) is 12.7. The van der Waals surface area contributed by atoms with Gasteiger partial charge in [0, 0.05) is 18.9 Å². The Kier molecular flexibility index (Phi) is 6.96. The van der Waals surface area contributed by atoms with Crippen molar-refractivity contribution in [2.24, 2.45) is 0 Å². The van der Waals surface area contributed by atoms with Crippen LogP contribution in [0.15, 0.2) is 5.38 Å². The molecule has 1 aromatic heterocycles. The first-order valence-corrected chi connectivity index (χ1v) is 7.78. The highest BCUT2D eigenvalue weighted by molar-refractivity contribution is 7.99. The van der Waals surface area contributed by atoms with Crippen molar-refractivity contribution in [1.82, 2.24) is 5.32 Å². The lowest BCUT2D eigenvalue weighted by Gasteiger charge is -2.03. The van der Waals surface area contributed by atoms with Crippen LogP contribution in [-0.4, -0.2) is 35.7 Å². The van der Waals surface area contributed by atoms with Gasteiger partial charge in [0.2, 0.25) is 0 Å². The fourth-order valence-electron chi connectivity index (χ4n) is 1.17. The number of amides is 1. The molecule has 17 heavy (non-hydrogen) atoms. The number of aryl methyl sites for hydroxylation is 1. The number of halogens is 1. The van der Waals surface area contributed by atoms with Gasteiger partial charge in [-0.05, 0) is 30.0 Å². The molecular weight excluding hydrogens is 278 g/mol. The molecule has 0 aliphatic rings. The van der Waals surface area contributed by atoms with Gasteiger partial charge in [-0.1, -0.05) is 11.6 Å². The van der Waals surface area contributed by atoms with Gasteiger partial charge in [-0.25, -0.2) is 0 Å². The summed E-state index contributed by atoms with van der Waals surface area (Å²) < 4.78 is 0. The van der Waals surface area contributed by atoms with E-state index in [-0.39, 0.29) is 12.5 Å². The molecule has 2 N–H and O–H groups in total. The minimum absolute atomic E-state index is 0.101. The molecule has 0 spiro atoms. The van der Waals surface area contributed by atoms with E-state index >= 15 is 0 Å². The van der Waals surface area contributed by atoms with E-state index in [9.17, 15) is 4.79 Å². The minimum Gasteiger partial charge on any atom is -0.396 e. The highest BCUT2D eigenvalue weighted by Crippen LogP contribution is 2.26. The van der Waals surface area contributed by atoms with Crippen molar-refractivity contribution in [3.63, 3.8) is 0 Å². The van der Waals surface area contributed by atoms with Crippen LogP contribution < -0.4 is 5.32 Å². The number of hydrogen-bond donors (Lipinski definition) is 2. The Hall–Kier alpha value is -0.230. The third-order valence-electron chi connectivity index (χ3n) is 2.08. The summed E-state index contributed by atoms with van der Waals surface area (Å²) in [6.45, 7) is 2.74. The highest BCUT2D eigenvalue weighted by Gasteiger charge is 2.13. The van der Waals surface area contributed by atoms with E-state index < -0.39 is 0 Å². The summed E-state index contributed by atoms with van der Waals surface area (Å²) >= 11 is 9.09. The van der Waals surface area contributed by atoms with Crippen molar-refractivity contribution in [3.8, 4) is 0 Å². The van der Waals surface area contributed by atoms with Crippen LogP contribution in [0.1, 0.15) is 21.7 Å². The van der Waals surface area contributed by atoms with Crippen molar-refractivity contribution in [2.45, 2.75) is 13.3 Å². The standard InChI is InChI=1S/C11H16ClNO2S2/c1-8-7-17-10(9(8)12)11(15)13-3-6-16-5-2-4-14/h7,14H,2-6H2,1H3,(H,13,15). The van der Waals surface area contributed by atoms with Gasteiger partial charge < -0.3 is 10.4 Å². The lowest BCUT2D eigenvalue weighted by molar-refractivity contribution is 0.0960. The van der Waals surface area contributed by atoms with Crippen LogP contribution in [0.2, 0.25) is 5.02 Å². The average Bonchev–Trinajstić information content (AvgIpc) is 2.64. The molecule has 6 heteroatoms. The molecule has 0 bridgehead atoms. The topological polar surface area (TPSA) is 49.3 Å². The molecule has 0 aliphatic carbocycles. The van der Waals surface area contributed by atoms with Gasteiger partial charge in [-0.15, -0.1) is 11.3 Å². The Morgan fingerprint density at radius 1 is 1.59 bits per heavy atom. The van der Waals surface area contributed by atoms with Gasteiger partial charge in [-0.2, -0.15) is 11.8 Å². The summed E-state index contributed by atoms with van der Waals surface area (Å²) in [6, 6.07) is 0. The van der Waals surface area contributed by atoms with Crippen molar-refractivity contribution in [2.75, 3.05) is 24.7 Å². The molecule has 0 unspecified atom stereocenters. The van der Waals surface area contributed by atoms with Gasteiger partial charge in [0.25, 0.3) is 5.91 Å². The maximum atomic E-state index is 11.7. The highest BCUT2D eigenvalue weighted by atomic mass is 35.5. The molecule has 0 saturated carbocycles. The number of hydrogen-bond acceptors (Lipinski definition) is 4. The van der Waals surface area contributed by atoms with E-state index in [2.05, 4.69) is 5.32 Å². The first-order valence-electron chi connectivity index (χ1n) is 5.37. The molecule has 0 atom stereocenters. The van der Waals surface area contributed by atoms with Crippen LogP contribution >= 0.6 is 34.7 Å². The summed E-state index contributed by atoms with van der Waals surface area (Å²) in [5.74, 6) is 1.68. The first kappa shape index (κ1) is 14.8. The summed E-state index contributed by atoms with van der Waals surface area (Å²) in [7, 11) is 0. The van der Waals surface area contributed by atoms with Gasteiger partial charge in [0.05, 0.1) is 5.02 Å². The normalized spacial score (nSPS) is 10.5. The van der Waals surface area contributed by atoms with Gasteiger partial charge in [0.15, 0.2) is 0 Å². The maximum Gasteiger partial charge on any atom is 0.262 e. The molecule has 0 radical (unpaired) electrons. The number of aliphatic hydroxyl groups is 1. The van der Waals surface area contributed by atoms with Crippen molar-refractivity contribution in [1.29, 1.82) is 0 Å². The Bertz CT molecular complexity index is 368. The van der Waals surface area contributed by atoms with Crippen LogP contribution in [-0.2, 0) is 0 Å². The predicted molar refractivity (Wildman–Crippen MR) is 75.4 cm³/mol. The molecule has 1 amide bonds. The fraction of sp³-hybridized carbons (Fsp3) is 0.545. The second-order valence-electron chi connectivity index (χ2n) is 3.51. The molecule has 1 rings (SSSR count). The zero-order valence-electron chi connectivity index (χ0n) is 9.66. The van der Waals surface area contributed by atoms with Gasteiger partial charge in [0.1, 0.15) is 4.88 Å². The van der Waals surface area contributed by atoms with Crippen LogP contribution in [0.5, 0.6) is 0 Å². The Balaban J connectivity index is 2.24. The molecular formula is C11H16ClNO2S2. The van der Waals surface area contributed by atoms with Crippen molar-refractivity contribution < 1.29 is 9.90 Å². The maximum absolute atomic E-state index is 11.7. The second-order valence-corrected chi connectivity index (χ2v) is 5.99. The summed E-state index contributed by atoms with van der Waals surface area (Å²) in [5, 5.41) is 13.9. The van der Waals surface area contributed by atoms with Crippen LogP contribution in [0, 0.1) is 6.92 Å². The summed E-state index contributed by atoms with van der Waals surface area (Å²) in [6.07, 6.45) is 0.800. The molecule has 1 heterocycles. The van der Waals surface area contributed by atoms with Crippen LogP contribution in [0.3, 0.4) is 0 Å². The minimum atomic E-state index is -0.101. The SMILES string of the molecule is Cc1csc(C(=O)NCCSCCCO)c1Cl. The second kappa shape index (κ2) is 7.97. The average molecular weight is 294 g/mol. The number of rotatable bonds is 7. The van der Waals surface area contributed by atoms with Gasteiger partial charge >= 0.3 is 0 Å². The number of carbonyl (C=O) groups is 1. The molecule has 0 fully saturated rings. The number of aliphatic hydroxyl groups excluding tert-OH is 1. The lowest BCUT2D eigenvalue weighted by Crippen LogP contribution is -2.25. The van der Waals surface area contributed by atoms with E-state index in [0.717, 1.165) is 23.5 Å². The monoisotopic (exact) mass is 293 g/mol. The molecule has 96 valence electrons. The number of thiophene rings is 1. The Morgan fingerprint density at radius 3 is 2.94 bits per heavy atom. The first-order chi connectivity index (χ1) is 8.16. The van der Waals surface area contributed by atoms with Gasteiger partial charge in [-0.3, -0.25) is 4.79 Å². The number of thioether (sulfide) groups is 1. The van der Waals surface area contributed by atoms with Crippen LogP contribution in [0.25, 0.3) is 0 Å². The van der Waals surface area contributed by atoms with Crippen LogP contribution in [0.4, 0.5) is 0 Å². The lowest BCUT2D eigenvalue weighted by atomic mass is 10.3. The summed E-state index contributed by atoms with van der Waals surface area (Å²) in [4.78, 5) is 12.3. The molecule has 3 nitrogen and oxygen atoms in total. The van der Waals surface area contributed by atoms with E-state index in [1.165, 1.54) is 11.3 Å². The fourth-order valence-corrected chi connectivity index (χ4v) is 3.15. The van der Waals surface area contributed by atoms with E-state index in [1.807, 2.05) is 12.3 Å². The quantitative estimate of drug-likeness (QED) is 0.760. The number of nitrogens with one attached hydrogen (secondary N) is 1. The molecule has 0 saturated heterocycles. The Morgan fingerprint density at radius 2 is 2.35 bits per heavy atom. The smallest absolute Gasteiger partial charge is 0.262 e. The third-order valence-corrected chi connectivity index (χ3v) is 4.85. The Labute approximate surface area is 115 Å². The molecule has 0 aliphatic heterocycles.